The van der Waals surface area contributed by atoms with Gasteiger partial charge in [-0.1, -0.05) is 15.9 Å². The molecule has 0 spiro atoms. The molecule has 10 heavy (non-hydrogen) atoms. The second-order valence-electron chi connectivity index (χ2n) is 2.32. The average molecular weight is 209 g/mol. The Hall–Kier alpha value is -0.0900. The molecule has 0 aromatic rings. The van der Waals surface area contributed by atoms with Gasteiger partial charge in [-0.05, 0) is 12.8 Å². The summed E-state index contributed by atoms with van der Waals surface area (Å²) in [4.78, 5) is 10.3. The highest BCUT2D eigenvalue weighted by Crippen LogP contribution is 2.20. The maximum atomic E-state index is 10.3. The molecular formula is C6H9BrO3. The minimum absolute atomic E-state index is 0.0982. The van der Waals surface area contributed by atoms with Crippen molar-refractivity contribution in [3.05, 3.63) is 0 Å². The summed E-state index contributed by atoms with van der Waals surface area (Å²) in [5.41, 5.74) is 0. The summed E-state index contributed by atoms with van der Waals surface area (Å²) in [6.45, 7) is 0. The Balaban J connectivity index is 2.35. The second kappa shape index (κ2) is 3.34. The van der Waals surface area contributed by atoms with Crippen LogP contribution in [0.4, 0.5) is 0 Å². The van der Waals surface area contributed by atoms with Crippen molar-refractivity contribution in [1.29, 1.82) is 0 Å². The molecular weight excluding hydrogens is 200 g/mol. The molecule has 1 heterocycles. The van der Waals surface area contributed by atoms with Gasteiger partial charge in [0.15, 0.2) is 6.10 Å². The molecule has 1 aliphatic rings. The van der Waals surface area contributed by atoms with E-state index in [0.717, 1.165) is 11.8 Å². The second-order valence-corrected chi connectivity index (χ2v) is 2.96. The molecule has 0 aromatic carbocycles. The highest BCUT2D eigenvalue weighted by Gasteiger charge is 2.29. The Morgan fingerprint density at radius 1 is 1.70 bits per heavy atom. The summed E-state index contributed by atoms with van der Waals surface area (Å²) in [6.07, 6.45) is 1.03. The summed E-state index contributed by atoms with van der Waals surface area (Å²) < 4.78 is 5.13. The summed E-state index contributed by atoms with van der Waals surface area (Å²) in [7, 11) is 0. The van der Waals surface area contributed by atoms with Gasteiger partial charge >= 0.3 is 5.97 Å². The lowest BCUT2D eigenvalue weighted by molar-refractivity contribution is -0.148. The molecule has 1 saturated heterocycles. The zero-order valence-corrected chi connectivity index (χ0v) is 7.00. The van der Waals surface area contributed by atoms with E-state index < -0.39 is 12.1 Å². The largest absolute Gasteiger partial charge is 0.479 e. The van der Waals surface area contributed by atoms with E-state index in [9.17, 15) is 4.79 Å². The normalized spacial score (nSPS) is 32.5. The van der Waals surface area contributed by atoms with Crippen LogP contribution >= 0.6 is 15.9 Å². The fraction of sp³-hybridized carbons (Fsp3) is 0.833. The van der Waals surface area contributed by atoms with E-state index in [1.165, 1.54) is 0 Å². The number of ether oxygens (including phenoxy) is 1. The predicted octanol–water partition coefficient (Wildman–Crippen LogP) is 1.01. The fourth-order valence-corrected chi connectivity index (χ4v) is 1.48. The van der Waals surface area contributed by atoms with E-state index in [1.807, 2.05) is 0 Å². The minimum atomic E-state index is -0.844. The van der Waals surface area contributed by atoms with E-state index in [-0.39, 0.29) is 6.10 Å². The van der Waals surface area contributed by atoms with Crippen molar-refractivity contribution < 1.29 is 14.6 Å². The van der Waals surface area contributed by atoms with Crippen LogP contribution in [0.25, 0.3) is 0 Å². The van der Waals surface area contributed by atoms with Crippen molar-refractivity contribution in [1.82, 2.24) is 0 Å². The summed E-state index contributed by atoms with van der Waals surface area (Å²) in [5, 5.41) is 9.22. The van der Waals surface area contributed by atoms with Crippen molar-refractivity contribution in [3.63, 3.8) is 0 Å². The van der Waals surface area contributed by atoms with Gasteiger partial charge in [0, 0.05) is 5.33 Å². The summed E-state index contributed by atoms with van der Waals surface area (Å²) in [5.74, 6) is -0.844. The van der Waals surface area contributed by atoms with Crippen molar-refractivity contribution in [2.75, 3.05) is 5.33 Å². The zero-order chi connectivity index (χ0) is 7.56. The molecule has 1 fully saturated rings. The third kappa shape index (κ3) is 1.70. The van der Waals surface area contributed by atoms with Gasteiger partial charge in [0.1, 0.15) is 0 Å². The standard InChI is InChI=1S/C6H9BrO3/c7-3-4-1-2-5(10-4)6(8)9/h4-5H,1-3H2,(H,8,9)/t4-,5+/m1/s1. The van der Waals surface area contributed by atoms with Crippen LogP contribution in [0, 0.1) is 0 Å². The lowest BCUT2D eigenvalue weighted by atomic mass is 10.2. The highest BCUT2D eigenvalue weighted by atomic mass is 79.9. The van der Waals surface area contributed by atoms with E-state index in [4.69, 9.17) is 9.84 Å². The predicted molar refractivity (Wildman–Crippen MR) is 39.3 cm³/mol. The molecule has 0 aliphatic carbocycles. The first-order valence-corrected chi connectivity index (χ1v) is 4.30. The highest BCUT2D eigenvalue weighted by molar-refractivity contribution is 9.09. The Kier molecular flexibility index (Phi) is 2.68. The number of halogens is 1. The maximum Gasteiger partial charge on any atom is 0.332 e. The maximum absolute atomic E-state index is 10.3. The van der Waals surface area contributed by atoms with Gasteiger partial charge in [-0.15, -0.1) is 0 Å². The smallest absolute Gasteiger partial charge is 0.332 e. The van der Waals surface area contributed by atoms with Crippen LogP contribution in [-0.2, 0) is 9.53 Å². The lowest BCUT2D eigenvalue weighted by Gasteiger charge is -2.05. The van der Waals surface area contributed by atoms with Crippen LogP contribution in [0.3, 0.4) is 0 Å². The monoisotopic (exact) mass is 208 g/mol. The number of aliphatic carboxylic acids is 1. The van der Waals surface area contributed by atoms with Gasteiger partial charge in [-0.3, -0.25) is 0 Å². The number of carbonyl (C=O) groups is 1. The molecule has 0 radical (unpaired) electrons. The third-order valence-electron chi connectivity index (χ3n) is 1.56. The molecule has 0 bridgehead atoms. The van der Waals surface area contributed by atoms with Gasteiger partial charge < -0.3 is 9.84 Å². The molecule has 0 unspecified atom stereocenters. The van der Waals surface area contributed by atoms with Gasteiger partial charge in [0.2, 0.25) is 0 Å². The van der Waals surface area contributed by atoms with Gasteiger partial charge in [-0.2, -0.15) is 0 Å². The van der Waals surface area contributed by atoms with Gasteiger partial charge in [-0.25, -0.2) is 4.79 Å². The fourth-order valence-electron chi connectivity index (χ4n) is 1.00. The molecule has 3 nitrogen and oxygen atoms in total. The third-order valence-corrected chi connectivity index (χ3v) is 2.28. The topological polar surface area (TPSA) is 46.5 Å². The number of carboxylic acid groups (broad SMARTS) is 1. The van der Waals surface area contributed by atoms with E-state index in [0.29, 0.717) is 6.42 Å². The summed E-state index contributed by atoms with van der Waals surface area (Å²) >= 11 is 3.23. The SMILES string of the molecule is O=C(O)[C@@H]1CC[C@H](CBr)O1. The average Bonchev–Trinajstić information content (AvgIpc) is 2.34. The van der Waals surface area contributed by atoms with Gasteiger partial charge in [0.05, 0.1) is 6.10 Å². The van der Waals surface area contributed by atoms with Crippen LogP contribution < -0.4 is 0 Å². The molecule has 58 valence electrons. The molecule has 2 atom stereocenters. The first-order chi connectivity index (χ1) is 4.74. The van der Waals surface area contributed by atoms with Crippen LogP contribution in [0.1, 0.15) is 12.8 Å². The zero-order valence-electron chi connectivity index (χ0n) is 5.42. The minimum Gasteiger partial charge on any atom is -0.479 e. The molecule has 0 amide bonds. The number of hydrogen-bond donors (Lipinski definition) is 1. The van der Waals surface area contributed by atoms with Crippen molar-refractivity contribution >= 4 is 21.9 Å². The van der Waals surface area contributed by atoms with Gasteiger partial charge in [0.25, 0.3) is 0 Å². The number of hydrogen-bond acceptors (Lipinski definition) is 2. The number of alkyl halides is 1. The van der Waals surface area contributed by atoms with Crippen LogP contribution in [0.5, 0.6) is 0 Å². The quantitative estimate of drug-likeness (QED) is 0.690. The molecule has 0 saturated carbocycles. The first kappa shape index (κ1) is 8.01. The molecule has 4 heteroatoms. The van der Waals surface area contributed by atoms with E-state index in [2.05, 4.69) is 15.9 Å². The molecule has 1 aliphatic heterocycles. The Bertz CT molecular complexity index is 137. The lowest BCUT2D eigenvalue weighted by Crippen LogP contribution is -2.20. The van der Waals surface area contributed by atoms with E-state index in [1.54, 1.807) is 0 Å². The number of rotatable bonds is 2. The molecule has 1 N–H and O–H groups in total. The molecule has 0 aromatic heterocycles. The van der Waals surface area contributed by atoms with Crippen LogP contribution in [0.2, 0.25) is 0 Å². The van der Waals surface area contributed by atoms with E-state index >= 15 is 0 Å². The van der Waals surface area contributed by atoms with Crippen molar-refractivity contribution in [3.8, 4) is 0 Å². The first-order valence-electron chi connectivity index (χ1n) is 3.18. The Morgan fingerprint density at radius 3 is 2.70 bits per heavy atom. The summed E-state index contributed by atoms with van der Waals surface area (Å²) in [6, 6.07) is 0. The van der Waals surface area contributed by atoms with Crippen LogP contribution in [0.15, 0.2) is 0 Å². The van der Waals surface area contributed by atoms with Crippen LogP contribution in [-0.4, -0.2) is 28.6 Å². The van der Waals surface area contributed by atoms with Crippen molar-refractivity contribution in [2.24, 2.45) is 0 Å². The van der Waals surface area contributed by atoms with Crippen molar-refractivity contribution in [2.45, 2.75) is 25.0 Å². The number of carboxylic acids is 1. The Morgan fingerprint density at radius 2 is 2.40 bits per heavy atom. The Labute approximate surface area is 67.5 Å². The molecule has 1 rings (SSSR count).